The molecular weight excluding hydrogens is 257 g/mol. The van der Waals surface area contributed by atoms with Crippen molar-refractivity contribution in [3.05, 3.63) is 0 Å². The predicted molar refractivity (Wildman–Crippen MR) is 69.2 cm³/mol. The molecule has 1 saturated heterocycles. The second-order valence-electron chi connectivity index (χ2n) is 5.81. The normalized spacial score (nSPS) is 20.7. The van der Waals surface area contributed by atoms with Gasteiger partial charge in [-0.05, 0) is 51.4 Å². The predicted octanol–water partition coefficient (Wildman–Crippen LogP) is 2.28. The van der Waals surface area contributed by atoms with E-state index in [1.807, 2.05) is 0 Å². The van der Waals surface area contributed by atoms with Crippen LogP contribution in [0.15, 0.2) is 0 Å². The third-order valence-electron chi connectivity index (χ3n) is 3.65. The maximum Gasteiger partial charge on any atom is 0.411 e. The molecule has 0 unspecified atom stereocenters. The number of rotatable bonds is 7. The van der Waals surface area contributed by atoms with E-state index in [0.29, 0.717) is 18.4 Å². The van der Waals surface area contributed by atoms with Crippen LogP contribution in [-0.2, 0) is 4.74 Å². The Morgan fingerprint density at radius 2 is 1.89 bits per heavy atom. The van der Waals surface area contributed by atoms with E-state index in [9.17, 15) is 13.2 Å². The summed E-state index contributed by atoms with van der Waals surface area (Å²) in [5, 5.41) is 3.33. The molecule has 19 heavy (non-hydrogen) atoms. The minimum Gasteiger partial charge on any atom is -0.372 e. The number of hydrogen-bond acceptors (Lipinski definition) is 3. The molecule has 0 atom stereocenters. The number of alkyl halides is 3. The molecule has 1 heterocycles. The van der Waals surface area contributed by atoms with E-state index in [2.05, 4.69) is 28.9 Å². The van der Waals surface area contributed by atoms with E-state index in [4.69, 9.17) is 0 Å². The Kier molecular flexibility index (Phi) is 6.56. The average molecular weight is 282 g/mol. The van der Waals surface area contributed by atoms with E-state index < -0.39 is 12.8 Å². The van der Waals surface area contributed by atoms with Crippen LogP contribution in [0.4, 0.5) is 13.2 Å². The molecule has 0 aromatic heterocycles. The highest BCUT2D eigenvalue weighted by Gasteiger charge is 2.28. The summed E-state index contributed by atoms with van der Waals surface area (Å²) in [5.41, 5.74) is 0.319. The van der Waals surface area contributed by atoms with E-state index >= 15 is 0 Å². The van der Waals surface area contributed by atoms with Crippen LogP contribution in [0.5, 0.6) is 0 Å². The molecule has 0 amide bonds. The largest absolute Gasteiger partial charge is 0.411 e. The van der Waals surface area contributed by atoms with Gasteiger partial charge in [0, 0.05) is 13.2 Å². The number of ether oxygens (including phenoxy) is 1. The van der Waals surface area contributed by atoms with Crippen LogP contribution in [0.1, 0.15) is 26.2 Å². The first-order chi connectivity index (χ1) is 8.81. The van der Waals surface area contributed by atoms with Gasteiger partial charge in [0.15, 0.2) is 0 Å². The van der Waals surface area contributed by atoms with Crippen molar-refractivity contribution in [3.8, 4) is 0 Å². The van der Waals surface area contributed by atoms with E-state index in [0.717, 1.165) is 19.6 Å². The monoisotopic (exact) mass is 282 g/mol. The molecule has 3 nitrogen and oxygen atoms in total. The van der Waals surface area contributed by atoms with Crippen LogP contribution in [-0.4, -0.2) is 57.5 Å². The highest BCUT2D eigenvalue weighted by atomic mass is 19.4. The third-order valence-corrected chi connectivity index (χ3v) is 3.65. The third kappa shape index (κ3) is 7.74. The minimum absolute atomic E-state index is 0.159. The summed E-state index contributed by atoms with van der Waals surface area (Å²) in [6, 6.07) is 0. The second-order valence-corrected chi connectivity index (χ2v) is 5.81. The van der Waals surface area contributed by atoms with Gasteiger partial charge in [-0.1, -0.05) is 6.92 Å². The van der Waals surface area contributed by atoms with Gasteiger partial charge in [0.25, 0.3) is 0 Å². The Morgan fingerprint density at radius 1 is 1.26 bits per heavy atom. The standard InChI is InChI=1S/C13H25F3N2O/c1-12(4-7-18(2)8-5-12)10-17-6-3-9-19-11-13(14,15)16/h17H,3-11H2,1-2H3. The van der Waals surface area contributed by atoms with Gasteiger partial charge in [0.05, 0.1) is 0 Å². The Labute approximate surface area is 113 Å². The zero-order chi connectivity index (χ0) is 14.4. The van der Waals surface area contributed by atoms with Crippen LogP contribution in [0.2, 0.25) is 0 Å². The number of nitrogens with one attached hydrogen (secondary N) is 1. The molecule has 0 spiro atoms. The highest BCUT2D eigenvalue weighted by molar-refractivity contribution is 4.83. The van der Waals surface area contributed by atoms with Crippen molar-refractivity contribution in [1.82, 2.24) is 10.2 Å². The molecule has 1 fully saturated rings. The molecule has 0 saturated carbocycles. The molecule has 1 aliphatic heterocycles. The summed E-state index contributed by atoms with van der Waals surface area (Å²) in [4.78, 5) is 2.33. The molecule has 0 aliphatic carbocycles. The number of piperidine rings is 1. The molecule has 0 radical (unpaired) electrons. The van der Waals surface area contributed by atoms with Crippen LogP contribution in [0.3, 0.4) is 0 Å². The summed E-state index contributed by atoms with van der Waals surface area (Å²) < 4.78 is 40.0. The van der Waals surface area contributed by atoms with Crippen molar-refractivity contribution in [2.75, 3.05) is 46.4 Å². The molecule has 0 bridgehead atoms. The minimum atomic E-state index is -4.21. The van der Waals surface area contributed by atoms with Gasteiger partial charge < -0.3 is 15.0 Å². The Hall–Kier alpha value is -0.330. The summed E-state index contributed by atoms with van der Waals surface area (Å²) in [7, 11) is 2.13. The number of halogens is 3. The molecule has 0 aromatic carbocycles. The Morgan fingerprint density at radius 3 is 2.47 bits per heavy atom. The molecule has 1 N–H and O–H groups in total. The van der Waals surface area contributed by atoms with Crippen molar-refractivity contribution < 1.29 is 17.9 Å². The fraction of sp³-hybridized carbons (Fsp3) is 1.00. The fourth-order valence-electron chi connectivity index (χ4n) is 2.21. The van der Waals surface area contributed by atoms with Crippen molar-refractivity contribution >= 4 is 0 Å². The average Bonchev–Trinajstić information content (AvgIpc) is 2.31. The lowest BCUT2D eigenvalue weighted by atomic mass is 9.80. The molecule has 6 heteroatoms. The van der Waals surface area contributed by atoms with Gasteiger partial charge in [-0.2, -0.15) is 13.2 Å². The first-order valence-electron chi connectivity index (χ1n) is 6.85. The first-order valence-corrected chi connectivity index (χ1v) is 6.85. The van der Waals surface area contributed by atoms with Crippen molar-refractivity contribution in [3.63, 3.8) is 0 Å². The quantitative estimate of drug-likeness (QED) is 0.725. The van der Waals surface area contributed by atoms with Gasteiger partial charge in [-0.3, -0.25) is 0 Å². The second kappa shape index (κ2) is 7.45. The van der Waals surface area contributed by atoms with E-state index in [1.54, 1.807) is 0 Å². The number of likely N-dealkylation sites (tertiary alicyclic amines) is 1. The Bertz CT molecular complexity index is 251. The summed E-state index contributed by atoms with van der Waals surface area (Å²) >= 11 is 0. The van der Waals surface area contributed by atoms with Crippen LogP contribution in [0.25, 0.3) is 0 Å². The maximum absolute atomic E-state index is 11.8. The van der Waals surface area contributed by atoms with Gasteiger partial charge in [0.2, 0.25) is 0 Å². The highest BCUT2D eigenvalue weighted by Crippen LogP contribution is 2.29. The first kappa shape index (κ1) is 16.7. The van der Waals surface area contributed by atoms with Gasteiger partial charge in [-0.15, -0.1) is 0 Å². The maximum atomic E-state index is 11.8. The van der Waals surface area contributed by atoms with Crippen molar-refractivity contribution in [1.29, 1.82) is 0 Å². The summed E-state index contributed by atoms with van der Waals surface area (Å²) in [6.07, 6.45) is -1.26. The zero-order valence-electron chi connectivity index (χ0n) is 11.9. The van der Waals surface area contributed by atoms with Crippen LogP contribution < -0.4 is 5.32 Å². The Balaban J connectivity index is 1.99. The topological polar surface area (TPSA) is 24.5 Å². The molecule has 1 rings (SSSR count). The fourth-order valence-corrected chi connectivity index (χ4v) is 2.21. The van der Waals surface area contributed by atoms with E-state index in [-0.39, 0.29) is 6.61 Å². The molecule has 114 valence electrons. The van der Waals surface area contributed by atoms with Crippen molar-refractivity contribution in [2.45, 2.75) is 32.4 Å². The van der Waals surface area contributed by atoms with Crippen LogP contribution in [0, 0.1) is 5.41 Å². The lowest BCUT2D eigenvalue weighted by Gasteiger charge is -2.38. The lowest BCUT2D eigenvalue weighted by molar-refractivity contribution is -0.173. The summed E-state index contributed by atoms with van der Waals surface area (Å²) in [6.45, 7) is 5.17. The smallest absolute Gasteiger partial charge is 0.372 e. The van der Waals surface area contributed by atoms with E-state index in [1.165, 1.54) is 12.8 Å². The number of hydrogen-bond donors (Lipinski definition) is 1. The van der Waals surface area contributed by atoms with Crippen molar-refractivity contribution in [2.24, 2.45) is 5.41 Å². The SMILES string of the molecule is CN1CCC(C)(CNCCCOCC(F)(F)F)CC1. The van der Waals surface area contributed by atoms with Gasteiger partial charge in [0.1, 0.15) is 6.61 Å². The molecule has 0 aromatic rings. The lowest BCUT2D eigenvalue weighted by Crippen LogP contribution is -2.42. The van der Waals surface area contributed by atoms with Gasteiger partial charge >= 0.3 is 6.18 Å². The summed E-state index contributed by atoms with van der Waals surface area (Å²) in [5.74, 6) is 0. The number of nitrogens with zero attached hydrogens (tertiary/aromatic N) is 1. The zero-order valence-corrected chi connectivity index (χ0v) is 11.9. The van der Waals surface area contributed by atoms with Crippen LogP contribution >= 0.6 is 0 Å². The molecule has 1 aliphatic rings. The molecular formula is C13H25F3N2O. The van der Waals surface area contributed by atoms with Gasteiger partial charge in [-0.25, -0.2) is 0 Å².